The van der Waals surface area contributed by atoms with Gasteiger partial charge in [-0.05, 0) is 65.5 Å². The number of thiophene rings is 1. The Morgan fingerprint density at radius 1 is 1.15 bits per heavy atom. The molecule has 0 bridgehead atoms. The molecule has 0 fully saturated rings. The predicted octanol–water partition coefficient (Wildman–Crippen LogP) is 7.25. The second-order valence-electron chi connectivity index (χ2n) is 11.8. The lowest BCUT2D eigenvalue weighted by Gasteiger charge is -2.39. The van der Waals surface area contributed by atoms with Gasteiger partial charge in [-0.15, -0.1) is 11.3 Å². The first kappa shape index (κ1) is 32.2. The molecular weight excluding hydrogens is 557 g/mol. The average molecular weight is 597 g/mol. The Morgan fingerprint density at radius 2 is 1.80 bits per heavy atom. The van der Waals surface area contributed by atoms with Crippen LogP contribution < -0.4 is 0 Å². The highest BCUT2D eigenvalue weighted by Gasteiger charge is 2.39. The third-order valence-electron chi connectivity index (χ3n) is 7.90. The summed E-state index contributed by atoms with van der Waals surface area (Å²) in [5.41, 5.74) is 1.29. The lowest BCUT2D eigenvalue weighted by Crippen LogP contribution is -2.48. The van der Waals surface area contributed by atoms with Gasteiger partial charge in [0.05, 0.1) is 23.5 Å². The molecule has 0 unspecified atom stereocenters. The Balaban J connectivity index is 1.94. The van der Waals surface area contributed by atoms with Gasteiger partial charge in [0.15, 0.2) is 8.32 Å². The third kappa shape index (κ3) is 8.12. The molecule has 0 saturated heterocycles. The van der Waals surface area contributed by atoms with Crippen LogP contribution in [-0.2, 0) is 20.4 Å². The molecule has 0 saturated carbocycles. The van der Waals surface area contributed by atoms with Crippen molar-refractivity contribution in [1.82, 2.24) is 4.90 Å². The van der Waals surface area contributed by atoms with Crippen LogP contribution in [0, 0.1) is 16.0 Å². The first-order valence-corrected chi connectivity index (χ1v) is 17.4. The van der Waals surface area contributed by atoms with Crippen molar-refractivity contribution in [2.24, 2.45) is 5.92 Å². The maximum absolute atomic E-state index is 13.6. The topological polar surface area (TPSA) is 99.0 Å². The molecular formula is C31H40N2O6SSi. The highest BCUT2D eigenvalue weighted by Crippen LogP contribution is 2.37. The fraction of sp³-hybridized carbons (Fsp3) is 0.419. The monoisotopic (exact) mass is 596 g/mol. The SMILES string of the molecule is C=CCOC(=O)[C@@H](Cc1csc2ccccc12)C[C@@H](CO[Si](C)(C)C(C)(C)C)N(C)C(=O)c1ccc([N+](=O)[O-])cc1. The van der Waals surface area contributed by atoms with E-state index >= 15 is 0 Å². The second kappa shape index (κ2) is 13.5. The molecule has 8 nitrogen and oxygen atoms in total. The van der Waals surface area contributed by atoms with E-state index in [1.165, 1.54) is 30.3 Å². The number of nitro groups is 1. The molecule has 0 aliphatic carbocycles. The van der Waals surface area contributed by atoms with Crippen molar-refractivity contribution in [3.8, 4) is 0 Å². The molecule has 10 heteroatoms. The molecule has 0 spiro atoms. The van der Waals surface area contributed by atoms with E-state index in [9.17, 15) is 19.7 Å². The van der Waals surface area contributed by atoms with E-state index in [1.54, 1.807) is 23.3 Å². The molecule has 1 amide bonds. The lowest BCUT2D eigenvalue weighted by atomic mass is 9.92. The van der Waals surface area contributed by atoms with Crippen LogP contribution in [0.25, 0.3) is 10.1 Å². The van der Waals surface area contributed by atoms with Crippen molar-refractivity contribution in [2.45, 2.75) is 57.8 Å². The van der Waals surface area contributed by atoms with E-state index in [4.69, 9.17) is 9.16 Å². The van der Waals surface area contributed by atoms with E-state index in [-0.39, 0.29) is 35.8 Å². The van der Waals surface area contributed by atoms with Gasteiger partial charge in [-0.2, -0.15) is 0 Å². The molecule has 1 heterocycles. The van der Waals surface area contributed by atoms with Crippen molar-refractivity contribution in [3.63, 3.8) is 0 Å². The normalized spacial score (nSPS) is 13.4. The molecule has 1 aromatic heterocycles. The summed E-state index contributed by atoms with van der Waals surface area (Å²) in [6.07, 6.45) is 2.32. The maximum Gasteiger partial charge on any atom is 0.309 e. The lowest BCUT2D eigenvalue weighted by molar-refractivity contribution is -0.384. The van der Waals surface area contributed by atoms with E-state index in [0.717, 1.165) is 15.6 Å². The van der Waals surface area contributed by atoms with E-state index in [0.29, 0.717) is 18.4 Å². The fourth-order valence-electron chi connectivity index (χ4n) is 4.26. The molecule has 0 aliphatic rings. The van der Waals surface area contributed by atoms with Crippen molar-refractivity contribution >= 4 is 47.3 Å². The first-order valence-electron chi connectivity index (χ1n) is 13.6. The van der Waals surface area contributed by atoms with E-state index < -0.39 is 25.2 Å². The zero-order chi connectivity index (χ0) is 30.4. The highest BCUT2D eigenvalue weighted by molar-refractivity contribution is 7.17. The zero-order valence-corrected chi connectivity index (χ0v) is 26.5. The van der Waals surface area contributed by atoms with Gasteiger partial charge in [-0.3, -0.25) is 19.7 Å². The summed E-state index contributed by atoms with van der Waals surface area (Å²) < 4.78 is 13.2. The Hall–Kier alpha value is -3.34. The largest absolute Gasteiger partial charge is 0.461 e. The van der Waals surface area contributed by atoms with Gasteiger partial charge in [-0.1, -0.05) is 51.6 Å². The summed E-state index contributed by atoms with van der Waals surface area (Å²) in [6.45, 7) is 14.8. The summed E-state index contributed by atoms with van der Waals surface area (Å²) in [5, 5.41) is 14.2. The quantitative estimate of drug-likeness (QED) is 0.0678. The maximum atomic E-state index is 13.6. The van der Waals surface area contributed by atoms with Gasteiger partial charge in [0.1, 0.15) is 6.61 Å². The van der Waals surface area contributed by atoms with Crippen molar-refractivity contribution in [1.29, 1.82) is 0 Å². The number of amides is 1. The summed E-state index contributed by atoms with van der Waals surface area (Å²) in [7, 11) is -0.497. The number of carbonyl (C=O) groups excluding carboxylic acids is 2. The Kier molecular flexibility index (Phi) is 10.6. The van der Waals surface area contributed by atoms with Gasteiger partial charge >= 0.3 is 5.97 Å². The number of fused-ring (bicyclic) bond motifs is 1. The number of nitro benzene ring substituents is 1. The summed E-state index contributed by atoms with van der Waals surface area (Å²) >= 11 is 1.63. The van der Waals surface area contributed by atoms with E-state index in [2.05, 4.69) is 58.0 Å². The molecule has 0 aliphatic heterocycles. The zero-order valence-electron chi connectivity index (χ0n) is 24.7. The molecule has 3 rings (SSSR count). The highest BCUT2D eigenvalue weighted by atomic mass is 32.1. The number of rotatable bonds is 13. The van der Waals surface area contributed by atoms with Crippen LogP contribution >= 0.6 is 11.3 Å². The Bertz CT molecular complexity index is 1380. The summed E-state index contributed by atoms with van der Waals surface area (Å²) in [6, 6.07) is 13.2. The minimum absolute atomic E-state index is 0.0453. The molecule has 220 valence electrons. The molecule has 2 aromatic carbocycles. The van der Waals surface area contributed by atoms with Crippen LogP contribution in [0.1, 0.15) is 43.1 Å². The van der Waals surface area contributed by atoms with Crippen LogP contribution in [0.4, 0.5) is 5.69 Å². The van der Waals surface area contributed by atoms with Gasteiger partial charge in [0.2, 0.25) is 0 Å². The van der Waals surface area contributed by atoms with Crippen LogP contribution in [0.5, 0.6) is 0 Å². The predicted molar refractivity (Wildman–Crippen MR) is 167 cm³/mol. The third-order valence-corrected chi connectivity index (χ3v) is 13.4. The van der Waals surface area contributed by atoms with Gasteiger partial charge < -0.3 is 14.1 Å². The number of esters is 1. The summed E-state index contributed by atoms with van der Waals surface area (Å²) in [4.78, 5) is 39.1. The number of nitrogens with zero attached hydrogens (tertiary/aromatic N) is 2. The number of likely N-dealkylation sites (N-methyl/N-ethyl adjacent to an activating group) is 1. The standard InChI is InChI=1S/C31H40N2O6SSi/c1-8-17-38-30(35)23(18-24-21-40-28-12-10-9-11-27(24)28)19-26(20-39-41(6,7)31(2,3)4)32(5)29(34)22-13-15-25(16-14-22)33(36)37/h8-16,21,23,26H,1,17-20H2,2-7H3/t23-,26-/m0/s1. The van der Waals surface area contributed by atoms with Crippen LogP contribution in [0.3, 0.4) is 0 Å². The van der Waals surface area contributed by atoms with E-state index in [1.807, 2.05) is 12.1 Å². The van der Waals surface area contributed by atoms with Crippen LogP contribution in [0.15, 0.2) is 66.6 Å². The van der Waals surface area contributed by atoms with Gasteiger partial charge in [0, 0.05) is 29.4 Å². The molecule has 41 heavy (non-hydrogen) atoms. The number of benzene rings is 2. The number of hydrogen-bond donors (Lipinski definition) is 0. The second-order valence-corrected chi connectivity index (χ2v) is 17.5. The van der Waals surface area contributed by atoms with Crippen molar-refractivity contribution in [2.75, 3.05) is 20.3 Å². The smallest absolute Gasteiger partial charge is 0.309 e. The Labute approximate surface area is 247 Å². The number of carbonyl (C=O) groups is 2. The molecule has 0 radical (unpaired) electrons. The van der Waals surface area contributed by atoms with Crippen molar-refractivity contribution < 1.29 is 23.7 Å². The van der Waals surface area contributed by atoms with Crippen LogP contribution in [0.2, 0.25) is 18.1 Å². The molecule has 2 atom stereocenters. The number of ether oxygens (including phenoxy) is 1. The van der Waals surface area contributed by atoms with Crippen molar-refractivity contribution in [3.05, 3.63) is 87.8 Å². The minimum Gasteiger partial charge on any atom is -0.461 e. The number of non-ortho nitro benzene ring substituents is 1. The Morgan fingerprint density at radius 3 is 2.41 bits per heavy atom. The number of hydrogen-bond acceptors (Lipinski definition) is 7. The average Bonchev–Trinajstić information content (AvgIpc) is 3.34. The van der Waals surface area contributed by atoms with Gasteiger partial charge in [0.25, 0.3) is 11.6 Å². The molecule has 0 N–H and O–H groups in total. The fourth-order valence-corrected chi connectivity index (χ4v) is 6.28. The minimum atomic E-state index is -2.19. The first-order chi connectivity index (χ1) is 19.2. The summed E-state index contributed by atoms with van der Waals surface area (Å²) in [5.74, 6) is -1.19. The van der Waals surface area contributed by atoms with Gasteiger partial charge in [-0.25, -0.2) is 0 Å². The molecule has 3 aromatic rings. The van der Waals surface area contributed by atoms with Crippen LogP contribution in [-0.4, -0.2) is 56.3 Å².